The number of Topliss-reactive ketones (excluding diaryl/α,β-unsaturated/α-hetero) is 1. The van der Waals surface area contributed by atoms with Crippen molar-refractivity contribution in [2.24, 2.45) is 0 Å². The molecule has 21 heavy (non-hydrogen) atoms. The van der Waals surface area contributed by atoms with E-state index in [4.69, 9.17) is 4.74 Å². The number of hydrogen-bond donors (Lipinski definition) is 0. The summed E-state index contributed by atoms with van der Waals surface area (Å²) in [4.78, 5) is 19.9. The van der Waals surface area contributed by atoms with Gasteiger partial charge < -0.3 is 4.74 Å². The molecule has 1 heterocycles. The Morgan fingerprint density at radius 1 is 1.38 bits per heavy atom. The normalized spacial score (nSPS) is 10.9. The molecule has 0 bridgehead atoms. The number of carbonyl (C=O) groups excluding carboxylic acids is 1. The molecule has 0 amide bonds. The van der Waals surface area contributed by atoms with Crippen LogP contribution in [0.4, 0.5) is 0 Å². The standard InChI is InChI=1S/C16H20N2O2S/c1-11-5-6-13(15(7-11)20-4)14(19)8-18(3)9-16-12(2)17-10-21-16/h5-7,10H,8-9H2,1-4H3. The fourth-order valence-electron chi connectivity index (χ4n) is 2.14. The van der Waals surface area contributed by atoms with Crippen molar-refractivity contribution in [2.75, 3.05) is 20.7 Å². The molecule has 0 spiro atoms. The van der Waals surface area contributed by atoms with Gasteiger partial charge in [0.15, 0.2) is 5.78 Å². The fraction of sp³-hybridized carbons (Fsp3) is 0.375. The Balaban J connectivity index is 2.06. The molecule has 0 aliphatic carbocycles. The van der Waals surface area contributed by atoms with E-state index in [9.17, 15) is 4.79 Å². The first-order chi connectivity index (χ1) is 10.0. The van der Waals surface area contributed by atoms with Crippen molar-refractivity contribution in [3.8, 4) is 5.75 Å². The molecule has 0 aliphatic heterocycles. The van der Waals surface area contributed by atoms with E-state index in [0.29, 0.717) is 17.9 Å². The molecular weight excluding hydrogens is 284 g/mol. The van der Waals surface area contributed by atoms with E-state index in [1.807, 2.05) is 49.5 Å². The number of carbonyl (C=O) groups is 1. The lowest BCUT2D eigenvalue weighted by Gasteiger charge is -2.16. The highest BCUT2D eigenvalue weighted by Crippen LogP contribution is 2.21. The Morgan fingerprint density at radius 3 is 2.76 bits per heavy atom. The van der Waals surface area contributed by atoms with Crippen LogP contribution in [0, 0.1) is 13.8 Å². The van der Waals surface area contributed by atoms with Gasteiger partial charge in [0.25, 0.3) is 0 Å². The maximum Gasteiger partial charge on any atom is 0.180 e. The summed E-state index contributed by atoms with van der Waals surface area (Å²) in [7, 11) is 3.54. The number of methoxy groups -OCH3 is 1. The van der Waals surface area contributed by atoms with Crippen LogP contribution in [0.15, 0.2) is 23.7 Å². The highest BCUT2D eigenvalue weighted by atomic mass is 32.1. The SMILES string of the molecule is COc1cc(C)ccc1C(=O)CN(C)Cc1scnc1C. The second-order valence-corrected chi connectivity index (χ2v) is 6.10. The van der Waals surface area contributed by atoms with E-state index in [1.54, 1.807) is 18.4 Å². The zero-order chi connectivity index (χ0) is 15.4. The maximum absolute atomic E-state index is 12.4. The minimum atomic E-state index is 0.0662. The van der Waals surface area contributed by atoms with Crippen LogP contribution in [-0.4, -0.2) is 36.4 Å². The van der Waals surface area contributed by atoms with E-state index >= 15 is 0 Å². The molecule has 112 valence electrons. The van der Waals surface area contributed by atoms with Gasteiger partial charge in [-0.15, -0.1) is 11.3 Å². The monoisotopic (exact) mass is 304 g/mol. The summed E-state index contributed by atoms with van der Waals surface area (Å²) in [6.07, 6.45) is 0. The van der Waals surface area contributed by atoms with E-state index in [1.165, 1.54) is 4.88 Å². The zero-order valence-electron chi connectivity index (χ0n) is 12.8. The largest absolute Gasteiger partial charge is 0.496 e. The molecule has 0 radical (unpaired) electrons. The summed E-state index contributed by atoms with van der Waals surface area (Å²) in [5.41, 5.74) is 4.59. The molecule has 2 aromatic rings. The van der Waals surface area contributed by atoms with Crippen molar-refractivity contribution < 1.29 is 9.53 Å². The van der Waals surface area contributed by atoms with Crippen LogP contribution in [0.5, 0.6) is 5.75 Å². The summed E-state index contributed by atoms with van der Waals surface area (Å²) >= 11 is 1.62. The Labute approximate surface area is 129 Å². The maximum atomic E-state index is 12.4. The van der Waals surface area contributed by atoms with E-state index < -0.39 is 0 Å². The van der Waals surface area contributed by atoms with Crippen LogP contribution in [-0.2, 0) is 6.54 Å². The molecule has 4 nitrogen and oxygen atoms in total. The number of hydrogen-bond acceptors (Lipinski definition) is 5. The van der Waals surface area contributed by atoms with Crippen molar-refractivity contribution in [1.82, 2.24) is 9.88 Å². The Morgan fingerprint density at radius 2 is 2.14 bits per heavy atom. The van der Waals surface area contributed by atoms with Gasteiger partial charge >= 0.3 is 0 Å². The van der Waals surface area contributed by atoms with Crippen molar-refractivity contribution >= 4 is 17.1 Å². The van der Waals surface area contributed by atoms with Crippen molar-refractivity contribution in [1.29, 1.82) is 0 Å². The van der Waals surface area contributed by atoms with Crippen LogP contribution in [0.25, 0.3) is 0 Å². The molecule has 0 atom stereocenters. The summed E-state index contributed by atoms with van der Waals surface area (Å²) in [5, 5.41) is 0. The molecule has 0 unspecified atom stereocenters. The number of ketones is 1. The molecule has 1 aromatic heterocycles. The molecule has 5 heteroatoms. The smallest absolute Gasteiger partial charge is 0.180 e. The second kappa shape index (κ2) is 6.83. The number of aromatic nitrogens is 1. The van der Waals surface area contributed by atoms with Gasteiger partial charge in [-0.05, 0) is 38.6 Å². The first kappa shape index (κ1) is 15.7. The predicted octanol–water partition coefficient (Wildman–Crippen LogP) is 3.08. The number of benzene rings is 1. The van der Waals surface area contributed by atoms with Gasteiger partial charge in [-0.3, -0.25) is 9.69 Å². The minimum absolute atomic E-state index is 0.0662. The van der Waals surface area contributed by atoms with Crippen LogP contribution in [0.3, 0.4) is 0 Å². The van der Waals surface area contributed by atoms with Gasteiger partial charge in [0, 0.05) is 11.4 Å². The second-order valence-electron chi connectivity index (χ2n) is 5.16. The number of ether oxygens (including phenoxy) is 1. The van der Waals surface area contributed by atoms with Crippen LogP contribution >= 0.6 is 11.3 Å². The van der Waals surface area contributed by atoms with Crippen molar-refractivity contribution in [3.05, 3.63) is 45.4 Å². The third-order valence-corrected chi connectivity index (χ3v) is 4.25. The van der Waals surface area contributed by atoms with Crippen molar-refractivity contribution in [3.63, 3.8) is 0 Å². The van der Waals surface area contributed by atoms with E-state index in [2.05, 4.69) is 4.98 Å². The molecule has 0 aliphatic rings. The van der Waals surface area contributed by atoms with Gasteiger partial charge in [0.05, 0.1) is 30.4 Å². The van der Waals surface area contributed by atoms with Gasteiger partial charge in [0.1, 0.15) is 5.75 Å². The molecule has 0 N–H and O–H groups in total. The Bertz CT molecular complexity index is 637. The molecular formula is C16H20N2O2S. The van der Waals surface area contributed by atoms with Crippen LogP contribution in [0.1, 0.15) is 26.5 Å². The Hall–Kier alpha value is -1.72. The average molecular weight is 304 g/mol. The summed E-state index contributed by atoms with van der Waals surface area (Å²) in [6, 6.07) is 5.66. The van der Waals surface area contributed by atoms with Gasteiger partial charge in [-0.1, -0.05) is 6.07 Å². The van der Waals surface area contributed by atoms with Crippen molar-refractivity contribution in [2.45, 2.75) is 20.4 Å². The quantitative estimate of drug-likeness (QED) is 0.769. The number of rotatable bonds is 6. The lowest BCUT2D eigenvalue weighted by molar-refractivity contribution is 0.0940. The third kappa shape index (κ3) is 3.89. The fourth-order valence-corrected chi connectivity index (χ4v) is 2.99. The number of likely N-dealkylation sites (N-methyl/N-ethyl adjacent to an activating group) is 1. The molecule has 0 saturated carbocycles. The topological polar surface area (TPSA) is 42.4 Å². The highest BCUT2D eigenvalue weighted by Gasteiger charge is 2.15. The number of nitrogens with zero attached hydrogens (tertiary/aromatic N) is 2. The molecule has 0 saturated heterocycles. The Kier molecular flexibility index (Phi) is 5.09. The van der Waals surface area contributed by atoms with E-state index in [0.717, 1.165) is 17.8 Å². The number of aryl methyl sites for hydroxylation is 2. The van der Waals surface area contributed by atoms with Crippen LogP contribution in [0.2, 0.25) is 0 Å². The lowest BCUT2D eigenvalue weighted by Crippen LogP contribution is -2.25. The van der Waals surface area contributed by atoms with Gasteiger partial charge in [-0.25, -0.2) is 4.98 Å². The van der Waals surface area contributed by atoms with E-state index in [-0.39, 0.29) is 5.78 Å². The zero-order valence-corrected chi connectivity index (χ0v) is 13.7. The summed E-state index contributed by atoms with van der Waals surface area (Å²) in [5.74, 6) is 0.707. The predicted molar refractivity (Wildman–Crippen MR) is 85.2 cm³/mol. The lowest BCUT2D eigenvalue weighted by atomic mass is 10.1. The number of thiazole rings is 1. The third-order valence-electron chi connectivity index (χ3n) is 3.33. The molecule has 1 aromatic carbocycles. The first-order valence-corrected chi connectivity index (χ1v) is 7.64. The highest BCUT2D eigenvalue weighted by molar-refractivity contribution is 7.09. The minimum Gasteiger partial charge on any atom is -0.496 e. The van der Waals surface area contributed by atoms with Gasteiger partial charge in [-0.2, -0.15) is 0 Å². The molecule has 2 rings (SSSR count). The van der Waals surface area contributed by atoms with Crippen LogP contribution < -0.4 is 4.74 Å². The summed E-state index contributed by atoms with van der Waals surface area (Å²) in [6.45, 7) is 5.06. The average Bonchev–Trinajstić information content (AvgIpc) is 2.83. The van der Waals surface area contributed by atoms with Gasteiger partial charge in [0.2, 0.25) is 0 Å². The summed E-state index contributed by atoms with van der Waals surface area (Å²) < 4.78 is 5.31. The molecule has 0 fully saturated rings. The first-order valence-electron chi connectivity index (χ1n) is 6.76.